The minimum atomic E-state index is 0.187. The largest absolute Gasteiger partial charge is 0.347 e. The molecule has 6 nitrogen and oxygen atoms in total. The van der Waals surface area contributed by atoms with Gasteiger partial charge in [-0.15, -0.1) is 0 Å². The molecule has 2 aromatic heterocycles. The van der Waals surface area contributed by atoms with Gasteiger partial charge in [-0.1, -0.05) is 6.92 Å². The summed E-state index contributed by atoms with van der Waals surface area (Å²) in [6.07, 6.45) is 4.68. The van der Waals surface area contributed by atoms with Crippen LogP contribution < -0.4 is 4.90 Å². The molecule has 0 aromatic carbocycles. The second kappa shape index (κ2) is 5.30. The van der Waals surface area contributed by atoms with Crippen molar-refractivity contribution in [1.29, 1.82) is 0 Å². The van der Waals surface area contributed by atoms with Crippen LogP contribution in [0.25, 0.3) is 11.4 Å². The monoisotopic (exact) mass is 266 g/mol. The topological polar surface area (TPSA) is 59.7 Å². The van der Waals surface area contributed by atoms with E-state index in [9.17, 15) is 0 Å². The average molecular weight is 267 g/mol. The summed E-state index contributed by atoms with van der Waals surface area (Å²) in [5.41, 5.74) is 0.843. The molecular formula is C11H15ClN6. The van der Waals surface area contributed by atoms with E-state index < -0.39 is 0 Å². The number of halogens is 1. The number of rotatable bonds is 4. The average Bonchev–Trinajstić information content (AvgIpc) is 2.77. The van der Waals surface area contributed by atoms with E-state index in [1.165, 1.54) is 0 Å². The first-order valence-electron chi connectivity index (χ1n) is 5.72. The number of hydrogen-bond acceptors (Lipinski definition) is 5. The van der Waals surface area contributed by atoms with Gasteiger partial charge in [-0.2, -0.15) is 20.1 Å². The van der Waals surface area contributed by atoms with Gasteiger partial charge >= 0.3 is 0 Å². The first-order chi connectivity index (χ1) is 8.60. The van der Waals surface area contributed by atoms with Gasteiger partial charge in [0.25, 0.3) is 0 Å². The Bertz CT molecular complexity index is 536. The molecule has 0 aliphatic heterocycles. The molecule has 0 fully saturated rings. The standard InChI is InChI=1S/C11H15ClN6/c1-4-5-18-7-8(6-13-18)9-14-10(12)16-11(15-9)17(2)3/h6-7H,4-5H2,1-3H3. The van der Waals surface area contributed by atoms with E-state index in [2.05, 4.69) is 27.0 Å². The number of anilines is 1. The molecule has 0 saturated carbocycles. The quantitative estimate of drug-likeness (QED) is 0.845. The number of aromatic nitrogens is 5. The predicted octanol–water partition coefficient (Wildman–Crippen LogP) is 1.86. The molecule has 0 aliphatic carbocycles. The first kappa shape index (κ1) is 12.8. The molecule has 2 rings (SSSR count). The van der Waals surface area contributed by atoms with E-state index >= 15 is 0 Å². The van der Waals surface area contributed by atoms with Crippen LogP contribution in [-0.2, 0) is 6.54 Å². The van der Waals surface area contributed by atoms with E-state index in [4.69, 9.17) is 11.6 Å². The van der Waals surface area contributed by atoms with Crippen molar-refractivity contribution >= 4 is 17.5 Å². The SMILES string of the molecule is CCCn1cc(-c2nc(Cl)nc(N(C)C)n2)cn1. The second-order valence-electron chi connectivity index (χ2n) is 4.11. The zero-order valence-corrected chi connectivity index (χ0v) is 11.4. The Balaban J connectivity index is 2.36. The third kappa shape index (κ3) is 2.76. The Morgan fingerprint density at radius 1 is 1.28 bits per heavy atom. The highest BCUT2D eigenvalue weighted by Crippen LogP contribution is 2.18. The molecule has 2 heterocycles. The lowest BCUT2D eigenvalue weighted by Gasteiger charge is -2.10. The second-order valence-corrected chi connectivity index (χ2v) is 4.45. The first-order valence-corrected chi connectivity index (χ1v) is 6.09. The molecule has 0 radical (unpaired) electrons. The maximum absolute atomic E-state index is 5.90. The molecule has 0 atom stereocenters. The molecule has 0 aliphatic rings. The Labute approximate surface area is 111 Å². The molecular weight excluding hydrogens is 252 g/mol. The Morgan fingerprint density at radius 2 is 2.06 bits per heavy atom. The van der Waals surface area contributed by atoms with Crippen molar-refractivity contribution in [2.75, 3.05) is 19.0 Å². The number of aryl methyl sites for hydroxylation is 1. The summed E-state index contributed by atoms with van der Waals surface area (Å²) in [7, 11) is 3.71. The van der Waals surface area contributed by atoms with Crippen molar-refractivity contribution in [3.63, 3.8) is 0 Å². The molecule has 0 N–H and O–H groups in total. The Hall–Kier alpha value is -1.69. The molecule has 2 aromatic rings. The fourth-order valence-electron chi connectivity index (χ4n) is 1.50. The molecule has 0 saturated heterocycles. The summed E-state index contributed by atoms with van der Waals surface area (Å²) in [5.74, 6) is 1.08. The van der Waals surface area contributed by atoms with Gasteiger partial charge in [0, 0.05) is 26.8 Å². The van der Waals surface area contributed by atoms with Crippen LogP contribution in [0.1, 0.15) is 13.3 Å². The van der Waals surface area contributed by atoms with Crippen LogP contribution in [0.15, 0.2) is 12.4 Å². The fraction of sp³-hybridized carbons (Fsp3) is 0.455. The molecule has 96 valence electrons. The summed E-state index contributed by atoms with van der Waals surface area (Å²) in [6.45, 7) is 2.98. The molecule has 0 spiro atoms. The maximum atomic E-state index is 5.90. The lowest BCUT2D eigenvalue weighted by atomic mass is 10.3. The highest BCUT2D eigenvalue weighted by atomic mass is 35.5. The predicted molar refractivity (Wildman–Crippen MR) is 70.7 cm³/mol. The summed E-state index contributed by atoms with van der Waals surface area (Å²) in [6, 6.07) is 0. The lowest BCUT2D eigenvalue weighted by molar-refractivity contribution is 0.603. The zero-order chi connectivity index (χ0) is 13.1. The van der Waals surface area contributed by atoms with Crippen LogP contribution in [0.3, 0.4) is 0 Å². The van der Waals surface area contributed by atoms with Gasteiger partial charge in [0.05, 0.1) is 11.8 Å². The van der Waals surface area contributed by atoms with E-state index in [0.717, 1.165) is 18.5 Å². The van der Waals surface area contributed by atoms with Gasteiger partial charge in [0.2, 0.25) is 11.2 Å². The summed E-state index contributed by atoms with van der Waals surface area (Å²) < 4.78 is 1.86. The van der Waals surface area contributed by atoms with Crippen LogP contribution in [0.5, 0.6) is 0 Å². The number of hydrogen-bond donors (Lipinski definition) is 0. The zero-order valence-electron chi connectivity index (χ0n) is 10.6. The van der Waals surface area contributed by atoms with Gasteiger partial charge in [0.15, 0.2) is 5.82 Å². The van der Waals surface area contributed by atoms with Crippen molar-refractivity contribution in [3.8, 4) is 11.4 Å². The van der Waals surface area contributed by atoms with Gasteiger partial charge in [-0.25, -0.2) is 0 Å². The summed E-state index contributed by atoms with van der Waals surface area (Å²) in [4.78, 5) is 14.3. The van der Waals surface area contributed by atoms with Gasteiger partial charge in [0.1, 0.15) is 0 Å². The van der Waals surface area contributed by atoms with E-state index in [1.807, 2.05) is 25.0 Å². The van der Waals surface area contributed by atoms with Crippen molar-refractivity contribution in [1.82, 2.24) is 24.7 Å². The molecule has 0 amide bonds. The van der Waals surface area contributed by atoms with E-state index in [1.54, 1.807) is 11.1 Å². The Kier molecular flexibility index (Phi) is 3.76. The van der Waals surface area contributed by atoms with Crippen LogP contribution >= 0.6 is 11.6 Å². The van der Waals surface area contributed by atoms with E-state index in [-0.39, 0.29) is 5.28 Å². The van der Waals surface area contributed by atoms with Crippen molar-refractivity contribution in [2.24, 2.45) is 0 Å². The lowest BCUT2D eigenvalue weighted by Crippen LogP contribution is -2.13. The van der Waals surface area contributed by atoms with Gasteiger partial charge < -0.3 is 4.90 Å². The highest BCUT2D eigenvalue weighted by molar-refractivity contribution is 6.28. The summed E-state index contributed by atoms with van der Waals surface area (Å²) in [5, 5.41) is 4.43. The van der Waals surface area contributed by atoms with Crippen LogP contribution in [0.4, 0.5) is 5.95 Å². The third-order valence-electron chi connectivity index (χ3n) is 2.34. The molecule has 7 heteroatoms. The highest BCUT2D eigenvalue weighted by Gasteiger charge is 2.10. The van der Waals surface area contributed by atoms with Crippen molar-refractivity contribution < 1.29 is 0 Å². The van der Waals surface area contributed by atoms with Crippen LogP contribution in [0, 0.1) is 0 Å². The van der Waals surface area contributed by atoms with Crippen LogP contribution in [0.2, 0.25) is 5.28 Å². The Morgan fingerprint density at radius 3 is 2.72 bits per heavy atom. The maximum Gasteiger partial charge on any atom is 0.229 e. The van der Waals surface area contributed by atoms with Gasteiger partial charge in [-0.05, 0) is 18.0 Å². The number of nitrogens with zero attached hydrogens (tertiary/aromatic N) is 6. The van der Waals surface area contributed by atoms with Crippen molar-refractivity contribution in [3.05, 3.63) is 17.7 Å². The molecule has 0 unspecified atom stereocenters. The van der Waals surface area contributed by atoms with Crippen LogP contribution in [-0.4, -0.2) is 38.8 Å². The van der Waals surface area contributed by atoms with Crippen molar-refractivity contribution in [2.45, 2.75) is 19.9 Å². The fourth-order valence-corrected chi connectivity index (χ4v) is 1.65. The normalized spacial score (nSPS) is 10.7. The molecule has 0 bridgehead atoms. The smallest absolute Gasteiger partial charge is 0.229 e. The van der Waals surface area contributed by atoms with E-state index in [0.29, 0.717) is 11.8 Å². The van der Waals surface area contributed by atoms with Gasteiger partial charge in [-0.3, -0.25) is 4.68 Å². The minimum absolute atomic E-state index is 0.187. The minimum Gasteiger partial charge on any atom is -0.347 e. The summed E-state index contributed by atoms with van der Waals surface area (Å²) >= 11 is 5.90. The third-order valence-corrected chi connectivity index (χ3v) is 2.51. The molecule has 18 heavy (non-hydrogen) atoms.